The molecule has 0 atom stereocenters. The molecule has 0 unspecified atom stereocenters. The van der Waals surface area contributed by atoms with Gasteiger partial charge < -0.3 is 0 Å². The highest BCUT2D eigenvalue weighted by atomic mass is 32.2. The largest absolute Gasteiger partial charge is 0.335 e. The van der Waals surface area contributed by atoms with E-state index in [1.807, 2.05) is 0 Å². The molecule has 1 aromatic carbocycles. The average Bonchev–Trinajstić information content (AvgIpc) is 3.19. The molecule has 1 aliphatic rings. The second-order valence-corrected chi connectivity index (χ2v) is 10.3. The molecule has 0 aliphatic heterocycles. The van der Waals surface area contributed by atoms with E-state index in [2.05, 4.69) is 10.2 Å². The second-order valence-electron chi connectivity index (χ2n) is 7.35. The zero-order valence-corrected chi connectivity index (χ0v) is 17.3. The number of halogens is 5. The van der Waals surface area contributed by atoms with Crippen LogP contribution in [-0.4, -0.2) is 46.9 Å². The predicted molar refractivity (Wildman–Crippen MR) is 102 cm³/mol. The summed E-state index contributed by atoms with van der Waals surface area (Å²) in [5.74, 6) is -1.79. The summed E-state index contributed by atoms with van der Waals surface area (Å²) in [6.45, 7) is -2.33. The summed E-state index contributed by atoms with van der Waals surface area (Å²) in [5, 5.41) is 5.85. The Morgan fingerprint density at radius 2 is 1.87 bits per heavy atom. The van der Waals surface area contributed by atoms with Gasteiger partial charge >= 0.3 is 5.69 Å². The lowest BCUT2D eigenvalue weighted by molar-refractivity contribution is 0.150. The molecule has 3 aromatic rings. The number of hydrogen-bond donors (Lipinski definition) is 0. The molecule has 7 nitrogen and oxygen atoms in total. The highest BCUT2D eigenvalue weighted by molar-refractivity contribution is 7.91. The minimum Gasteiger partial charge on any atom is -0.289 e. The zero-order chi connectivity index (χ0) is 22.6. The summed E-state index contributed by atoms with van der Waals surface area (Å²) in [6.07, 6.45) is -2.25. The van der Waals surface area contributed by atoms with Crippen molar-refractivity contribution in [1.82, 2.24) is 19.3 Å². The maximum absolute atomic E-state index is 14.8. The third-order valence-corrected chi connectivity index (χ3v) is 8.06. The smallest absolute Gasteiger partial charge is 0.289 e. The quantitative estimate of drug-likeness (QED) is 0.460. The van der Waals surface area contributed by atoms with Gasteiger partial charge in [-0.25, -0.2) is 35.3 Å². The van der Waals surface area contributed by atoms with E-state index in [0.29, 0.717) is 24.2 Å². The molecule has 0 saturated heterocycles. The lowest BCUT2D eigenvalue weighted by Gasteiger charge is -2.12. The van der Waals surface area contributed by atoms with Crippen molar-refractivity contribution in [3.8, 4) is 5.13 Å². The van der Waals surface area contributed by atoms with Crippen LogP contribution in [0.4, 0.5) is 22.0 Å². The van der Waals surface area contributed by atoms with Gasteiger partial charge in [-0.2, -0.15) is 0 Å². The van der Waals surface area contributed by atoms with Crippen molar-refractivity contribution in [1.29, 1.82) is 0 Å². The number of sulfone groups is 1. The highest BCUT2D eigenvalue weighted by Crippen LogP contribution is 2.48. The Morgan fingerprint density at radius 1 is 1.16 bits per heavy atom. The molecule has 168 valence electrons. The molecular weight excluding hydrogens is 467 g/mol. The molecule has 4 rings (SSSR count). The number of benzene rings is 1. The van der Waals surface area contributed by atoms with Gasteiger partial charge in [-0.3, -0.25) is 8.96 Å². The lowest BCUT2D eigenvalue weighted by Crippen LogP contribution is -2.23. The van der Waals surface area contributed by atoms with Crippen LogP contribution in [0.5, 0.6) is 0 Å². The molecule has 0 N–H and O–H groups in total. The summed E-state index contributed by atoms with van der Waals surface area (Å²) >= 11 is 0.387. The van der Waals surface area contributed by atoms with E-state index in [-0.39, 0.29) is 16.2 Å². The zero-order valence-electron chi connectivity index (χ0n) is 15.7. The van der Waals surface area contributed by atoms with E-state index in [0.717, 1.165) is 21.3 Å². The first-order valence-corrected chi connectivity index (χ1v) is 11.5. The number of rotatable bonds is 8. The normalized spacial score (nSPS) is 15.8. The highest BCUT2D eigenvalue weighted by Gasteiger charge is 2.47. The Hall–Kier alpha value is -2.35. The summed E-state index contributed by atoms with van der Waals surface area (Å²) < 4.78 is 94.0. The molecule has 14 heteroatoms. The van der Waals surface area contributed by atoms with Crippen LogP contribution in [0.3, 0.4) is 0 Å². The summed E-state index contributed by atoms with van der Waals surface area (Å²) in [7, 11) is -4.28. The maximum atomic E-state index is 14.8. The molecule has 2 aromatic heterocycles. The third-order valence-electron chi connectivity index (χ3n) is 5.17. The predicted octanol–water partition coefficient (Wildman–Crippen LogP) is 3.21. The monoisotopic (exact) mass is 482 g/mol. The number of alkyl halides is 4. The van der Waals surface area contributed by atoms with Gasteiger partial charge in [0.2, 0.25) is 5.13 Å². The SMILES string of the molecule is O=c1n(CCF)c2cc(F)c(S(=O)(=O)CC3(CF)CC3)cc2n1-c1nnc(C(F)F)s1. The molecule has 0 radical (unpaired) electrons. The van der Waals surface area contributed by atoms with E-state index >= 15 is 0 Å². The fourth-order valence-corrected chi connectivity index (χ4v) is 6.04. The van der Waals surface area contributed by atoms with Gasteiger partial charge in [0.05, 0.1) is 30.0 Å². The van der Waals surface area contributed by atoms with E-state index in [1.54, 1.807) is 0 Å². The fourth-order valence-electron chi connectivity index (χ4n) is 3.36. The van der Waals surface area contributed by atoms with Crippen LogP contribution >= 0.6 is 11.3 Å². The molecule has 1 aliphatic carbocycles. The first-order valence-electron chi connectivity index (χ1n) is 9.04. The van der Waals surface area contributed by atoms with Crippen molar-refractivity contribution >= 4 is 32.2 Å². The van der Waals surface area contributed by atoms with Crippen LogP contribution in [0.25, 0.3) is 16.2 Å². The third kappa shape index (κ3) is 3.75. The Bertz CT molecular complexity index is 1310. The Morgan fingerprint density at radius 3 is 2.42 bits per heavy atom. The van der Waals surface area contributed by atoms with Crippen molar-refractivity contribution < 1.29 is 30.4 Å². The minimum atomic E-state index is -4.28. The van der Waals surface area contributed by atoms with Gasteiger partial charge in [0, 0.05) is 11.5 Å². The first-order chi connectivity index (χ1) is 14.6. The van der Waals surface area contributed by atoms with E-state index in [1.165, 1.54) is 0 Å². The van der Waals surface area contributed by atoms with Gasteiger partial charge in [0.25, 0.3) is 6.43 Å². The van der Waals surface area contributed by atoms with Crippen LogP contribution in [0.1, 0.15) is 24.3 Å². The summed E-state index contributed by atoms with van der Waals surface area (Å²) in [5.41, 5.74) is -2.27. The Kier molecular flexibility index (Phi) is 5.40. The van der Waals surface area contributed by atoms with Crippen molar-refractivity contribution in [2.75, 3.05) is 19.1 Å². The molecular formula is C17H15F5N4O3S2. The topological polar surface area (TPSA) is 86.9 Å². The van der Waals surface area contributed by atoms with Crippen molar-refractivity contribution in [3.05, 3.63) is 33.4 Å². The van der Waals surface area contributed by atoms with Crippen LogP contribution in [0, 0.1) is 11.2 Å². The molecule has 31 heavy (non-hydrogen) atoms. The number of aromatic nitrogens is 4. The molecule has 0 spiro atoms. The number of aryl methyl sites for hydroxylation is 1. The van der Waals surface area contributed by atoms with Crippen LogP contribution < -0.4 is 5.69 Å². The number of fused-ring (bicyclic) bond motifs is 1. The number of nitrogens with zero attached hydrogens (tertiary/aromatic N) is 4. The van der Waals surface area contributed by atoms with Crippen molar-refractivity contribution in [2.45, 2.75) is 30.7 Å². The summed E-state index contributed by atoms with van der Waals surface area (Å²) in [4.78, 5) is 12.0. The van der Waals surface area contributed by atoms with Gasteiger partial charge in [0.1, 0.15) is 17.4 Å². The van der Waals surface area contributed by atoms with Crippen LogP contribution in [0.2, 0.25) is 0 Å². The Labute approximate surface area is 176 Å². The van der Waals surface area contributed by atoms with Crippen molar-refractivity contribution in [2.24, 2.45) is 5.41 Å². The molecule has 0 bridgehead atoms. The van der Waals surface area contributed by atoms with Crippen LogP contribution in [-0.2, 0) is 16.4 Å². The first kappa shape index (κ1) is 21.9. The number of hydrogen-bond acceptors (Lipinski definition) is 6. The Balaban J connectivity index is 1.94. The second kappa shape index (κ2) is 7.65. The van der Waals surface area contributed by atoms with E-state index in [4.69, 9.17) is 0 Å². The number of imidazole rings is 1. The molecule has 2 heterocycles. The van der Waals surface area contributed by atoms with Gasteiger partial charge in [0.15, 0.2) is 14.8 Å². The standard InChI is InChI=1S/C17H15F5N4O3S2/c18-3-4-25-10-5-9(20)12(31(28,29)8-17(7-19)1-2-17)6-11(10)26(16(25)27)15-24-23-14(30-15)13(21)22/h5-6,13H,1-4,7-8H2. The van der Waals surface area contributed by atoms with Gasteiger partial charge in [-0.1, -0.05) is 11.3 Å². The van der Waals surface area contributed by atoms with E-state index in [9.17, 15) is 35.2 Å². The molecule has 1 saturated carbocycles. The van der Waals surface area contributed by atoms with E-state index < -0.39 is 68.7 Å². The summed E-state index contributed by atoms with van der Waals surface area (Å²) in [6, 6.07) is 1.63. The molecule has 0 amide bonds. The average molecular weight is 482 g/mol. The molecule has 1 fully saturated rings. The van der Waals surface area contributed by atoms with Crippen LogP contribution in [0.15, 0.2) is 21.8 Å². The van der Waals surface area contributed by atoms with Gasteiger partial charge in [-0.05, 0) is 18.9 Å². The lowest BCUT2D eigenvalue weighted by atomic mass is 10.2. The van der Waals surface area contributed by atoms with Gasteiger partial charge in [-0.15, -0.1) is 10.2 Å². The minimum absolute atomic E-state index is 0.139. The van der Waals surface area contributed by atoms with Crippen molar-refractivity contribution in [3.63, 3.8) is 0 Å². The maximum Gasteiger partial charge on any atom is 0.335 e. The fraction of sp³-hybridized carbons (Fsp3) is 0.471.